The van der Waals surface area contributed by atoms with Crippen LogP contribution in [0, 0.1) is 15.5 Å². The lowest BCUT2D eigenvalue weighted by Gasteiger charge is -2.40. The highest BCUT2D eigenvalue weighted by Crippen LogP contribution is 2.49. The van der Waals surface area contributed by atoms with E-state index in [-0.39, 0.29) is 17.3 Å². The number of benzene rings is 1. The van der Waals surface area contributed by atoms with Gasteiger partial charge in [0.2, 0.25) is 6.79 Å². The molecular formula is C16H19NO5. The van der Waals surface area contributed by atoms with Crippen LogP contribution in [-0.4, -0.2) is 17.8 Å². The molecule has 1 aromatic rings. The second kappa shape index (κ2) is 6.17. The minimum Gasteiger partial charge on any atom is -0.435 e. The monoisotopic (exact) mass is 305 g/mol. The fourth-order valence-corrected chi connectivity index (χ4v) is 2.94. The van der Waals surface area contributed by atoms with Crippen molar-refractivity contribution in [2.45, 2.75) is 32.6 Å². The normalized spacial score (nSPS) is 20.1. The van der Waals surface area contributed by atoms with Crippen LogP contribution in [0.4, 0.5) is 0 Å². The van der Waals surface area contributed by atoms with Crippen molar-refractivity contribution < 1.29 is 19.5 Å². The van der Waals surface area contributed by atoms with Gasteiger partial charge in [0, 0.05) is 12.0 Å². The zero-order chi connectivity index (χ0) is 16.3. The predicted molar refractivity (Wildman–Crippen MR) is 79.6 cm³/mol. The average molecular weight is 305 g/mol. The summed E-state index contributed by atoms with van der Waals surface area (Å²) in [6.45, 7) is 5.80. The van der Waals surface area contributed by atoms with Gasteiger partial charge in [-0.15, -0.1) is 10.1 Å². The summed E-state index contributed by atoms with van der Waals surface area (Å²) in [6, 6.07) is 8.32. The Morgan fingerprint density at radius 1 is 1.27 bits per heavy atom. The maximum atomic E-state index is 11.6. The van der Waals surface area contributed by atoms with E-state index in [0.29, 0.717) is 0 Å². The van der Waals surface area contributed by atoms with Gasteiger partial charge in [-0.05, 0) is 22.5 Å². The first kappa shape index (κ1) is 16.0. The summed E-state index contributed by atoms with van der Waals surface area (Å²) < 4.78 is 4.60. The molecule has 6 heteroatoms. The fourth-order valence-electron chi connectivity index (χ4n) is 2.94. The van der Waals surface area contributed by atoms with E-state index < -0.39 is 17.8 Å². The molecule has 2 atom stereocenters. The summed E-state index contributed by atoms with van der Waals surface area (Å²) in [5, 5.41) is 8.97. The van der Waals surface area contributed by atoms with Crippen LogP contribution >= 0.6 is 0 Å². The molecule has 6 nitrogen and oxygen atoms in total. The maximum absolute atomic E-state index is 11.6. The van der Waals surface area contributed by atoms with E-state index in [0.717, 1.165) is 5.56 Å². The number of nitrogens with zero attached hydrogens (tertiary/aromatic N) is 1. The van der Waals surface area contributed by atoms with Crippen LogP contribution in [0.15, 0.2) is 36.4 Å². The van der Waals surface area contributed by atoms with E-state index in [1.54, 1.807) is 6.08 Å². The maximum Gasteiger partial charge on any atom is 0.332 e. The van der Waals surface area contributed by atoms with Crippen LogP contribution in [0.1, 0.15) is 43.7 Å². The minimum atomic E-state index is -1.01. The highest BCUT2D eigenvalue weighted by Gasteiger charge is 2.36. The van der Waals surface area contributed by atoms with Crippen molar-refractivity contribution in [2.75, 3.05) is 6.79 Å². The molecule has 0 amide bonds. The largest absolute Gasteiger partial charge is 0.435 e. The Kier molecular flexibility index (Phi) is 4.49. The molecule has 22 heavy (non-hydrogen) atoms. The highest BCUT2D eigenvalue weighted by atomic mass is 17.0. The smallest absolute Gasteiger partial charge is 0.332 e. The Morgan fingerprint density at radius 3 is 2.41 bits per heavy atom. The molecule has 2 bridgehead atoms. The van der Waals surface area contributed by atoms with Crippen molar-refractivity contribution >= 4 is 5.97 Å². The number of allylic oxidation sites excluding steroid dienone is 1. The Balaban J connectivity index is 2.06. The number of esters is 1. The molecule has 0 aliphatic heterocycles. The molecule has 0 heterocycles. The first-order valence-electron chi connectivity index (χ1n) is 7.01. The van der Waals surface area contributed by atoms with Gasteiger partial charge in [-0.1, -0.05) is 51.1 Å². The molecular weight excluding hydrogens is 286 g/mol. The number of ether oxygens (including phenoxy) is 1. The summed E-state index contributed by atoms with van der Waals surface area (Å²) >= 11 is 0. The van der Waals surface area contributed by atoms with Gasteiger partial charge in [-0.3, -0.25) is 4.84 Å². The van der Waals surface area contributed by atoms with Gasteiger partial charge in [0.1, 0.15) is 0 Å². The second-order valence-electron chi connectivity index (χ2n) is 6.33. The zero-order valence-electron chi connectivity index (χ0n) is 12.8. The summed E-state index contributed by atoms with van der Waals surface area (Å²) in [5.74, 6) is -0.292. The molecule has 2 aliphatic carbocycles. The van der Waals surface area contributed by atoms with Crippen molar-refractivity contribution in [3.63, 3.8) is 0 Å². The van der Waals surface area contributed by atoms with Crippen molar-refractivity contribution in [1.29, 1.82) is 0 Å². The van der Waals surface area contributed by atoms with E-state index in [1.807, 2.05) is 12.1 Å². The van der Waals surface area contributed by atoms with Crippen LogP contribution in [0.3, 0.4) is 0 Å². The summed E-state index contributed by atoms with van der Waals surface area (Å²) in [4.78, 5) is 25.5. The van der Waals surface area contributed by atoms with Crippen LogP contribution in [0.5, 0.6) is 0 Å². The number of hydrogen-bond acceptors (Lipinski definition) is 5. The molecule has 0 fully saturated rings. The first-order chi connectivity index (χ1) is 10.3. The van der Waals surface area contributed by atoms with Crippen molar-refractivity contribution in [1.82, 2.24) is 0 Å². The average Bonchev–Trinajstić information content (AvgIpc) is 2.44. The van der Waals surface area contributed by atoms with Crippen LogP contribution in [0.25, 0.3) is 0 Å². The van der Waals surface area contributed by atoms with Gasteiger partial charge in [-0.25, -0.2) is 4.79 Å². The van der Waals surface area contributed by atoms with Crippen molar-refractivity contribution in [2.24, 2.45) is 5.41 Å². The number of carbonyl (C=O) groups is 1. The van der Waals surface area contributed by atoms with E-state index in [2.05, 4.69) is 42.5 Å². The number of fused-ring (bicyclic) bond motifs is 3. The predicted octanol–water partition coefficient (Wildman–Crippen LogP) is 3.18. The SMILES string of the molecule is CC(C)(C)C1c2ccc(cc2)C1/C=C/C(=O)OCO[N+](=O)[O-]. The van der Waals surface area contributed by atoms with Crippen LogP contribution in [-0.2, 0) is 14.4 Å². The molecule has 0 radical (unpaired) electrons. The third-order valence-corrected chi connectivity index (χ3v) is 3.77. The molecule has 3 rings (SSSR count). The van der Waals surface area contributed by atoms with Crippen molar-refractivity contribution in [3.05, 3.63) is 57.7 Å². The van der Waals surface area contributed by atoms with Gasteiger partial charge in [0.25, 0.3) is 5.09 Å². The molecule has 2 unspecified atom stereocenters. The topological polar surface area (TPSA) is 78.7 Å². The number of rotatable bonds is 5. The molecule has 0 saturated heterocycles. The summed E-state index contributed by atoms with van der Waals surface area (Å²) in [6.07, 6.45) is 3.11. The highest BCUT2D eigenvalue weighted by molar-refractivity contribution is 5.82. The standard InChI is InChI=1S/C16H19NO5/c1-16(2,3)15-12-6-4-11(5-7-12)13(15)8-9-14(18)21-10-22-17(19)20/h4-9,13,15H,10H2,1-3H3/b9-8+. The first-order valence-corrected chi connectivity index (χ1v) is 7.01. The Hall–Kier alpha value is -2.37. The van der Waals surface area contributed by atoms with Gasteiger partial charge in [0.05, 0.1) is 0 Å². The minimum absolute atomic E-state index is 0.0454. The molecule has 118 valence electrons. The van der Waals surface area contributed by atoms with E-state index in [4.69, 9.17) is 0 Å². The van der Waals surface area contributed by atoms with E-state index >= 15 is 0 Å². The number of hydrogen-bond donors (Lipinski definition) is 0. The Bertz CT molecular complexity index is 586. The van der Waals surface area contributed by atoms with Gasteiger partial charge in [-0.2, -0.15) is 0 Å². The third-order valence-electron chi connectivity index (χ3n) is 3.77. The van der Waals surface area contributed by atoms with Crippen molar-refractivity contribution in [3.8, 4) is 0 Å². The lowest BCUT2D eigenvalue weighted by Crippen LogP contribution is -2.27. The van der Waals surface area contributed by atoms with E-state index in [1.165, 1.54) is 11.6 Å². The second-order valence-corrected chi connectivity index (χ2v) is 6.33. The Morgan fingerprint density at radius 2 is 1.86 bits per heavy atom. The molecule has 0 spiro atoms. The van der Waals surface area contributed by atoms with Crippen LogP contribution in [0.2, 0.25) is 0 Å². The quantitative estimate of drug-likeness (QED) is 0.274. The molecule has 0 aromatic heterocycles. The summed E-state index contributed by atoms with van der Waals surface area (Å²) in [5.41, 5.74) is 2.42. The molecule has 1 aromatic carbocycles. The lowest BCUT2D eigenvalue weighted by molar-refractivity contribution is -0.765. The van der Waals surface area contributed by atoms with Gasteiger partial charge >= 0.3 is 5.97 Å². The lowest BCUT2D eigenvalue weighted by atomic mass is 9.64. The number of carbonyl (C=O) groups excluding carboxylic acids is 1. The van der Waals surface area contributed by atoms with Crippen LogP contribution < -0.4 is 0 Å². The molecule has 0 saturated carbocycles. The zero-order valence-corrected chi connectivity index (χ0v) is 12.8. The third kappa shape index (κ3) is 3.63. The molecule has 0 N–H and O–H groups in total. The van der Waals surface area contributed by atoms with E-state index in [9.17, 15) is 14.9 Å². The van der Waals surface area contributed by atoms with Gasteiger partial charge in [0.15, 0.2) is 0 Å². The van der Waals surface area contributed by atoms with Gasteiger partial charge < -0.3 is 4.74 Å². The fraction of sp³-hybridized carbons (Fsp3) is 0.438. The Labute approximate surface area is 128 Å². The summed E-state index contributed by atoms with van der Waals surface area (Å²) in [7, 11) is 0. The molecule has 2 aliphatic rings.